The van der Waals surface area contributed by atoms with Crippen LogP contribution < -0.4 is 14.2 Å². The maximum absolute atomic E-state index is 13.7. The average molecular weight is 453 g/mol. The van der Waals surface area contributed by atoms with Gasteiger partial charge in [-0.1, -0.05) is 12.1 Å². The van der Waals surface area contributed by atoms with Crippen LogP contribution >= 0.6 is 0 Å². The van der Waals surface area contributed by atoms with Crippen LogP contribution in [0.1, 0.15) is 5.56 Å². The van der Waals surface area contributed by atoms with E-state index in [0.29, 0.717) is 5.56 Å². The van der Waals surface area contributed by atoms with E-state index in [9.17, 15) is 17.6 Å². The van der Waals surface area contributed by atoms with E-state index in [2.05, 4.69) is 4.74 Å². The molecule has 168 valence electrons. The van der Waals surface area contributed by atoms with Gasteiger partial charge in [0, 0.05) is 19.7 Å². The van der Waals surface area contributed by atoms with Crippen LogP contribution in [-0.4, -0.2) is 60.2 Å². The highest BCUT2D eigenvalue weighted by atomic mass is 32.2. The van der Waals surface area contributed by atoms with Crippen molar-refractivity contribution in [2.75, 3.05) is 41.5 Å². The van der Waals surface area contributed by atoms with Crippen LogP contribution in [0.3, 0.4) is 0 Å². The Morgan fingerprint density at radius 1 is 1.10 bits per heavy atom. The predicted molar refractivity (Wildman–Crippen MR) is 112 cm³/mol. The molecule has 2 rings (SSSR count). The van der Waals surface area contributed by atoms with Crippen LogP contribution in [0.15, 0.2) is 47.4 Å². The van der Waals surface area contributed by atoms with Crippen molar-refractivity contribution in [3.05, 3.63) is 53.9 Å². The molecule has 0 aromatic heterocycles. The monoisotopic (exact) mass is 453 g/mol. The summed E-state index contributed by atoms with van der Waals surface area (Å²) < 4.78 is 61.5. The summed E-state index contributed by atoms with van der Waals surface area (Å²) in [5.74, 6) is -0.919. The fourth-order valence-corrected chi connectivity index (χ4v) is 3.96. The molecule has 31 heavy (non-hydrogen) atoms. The molecule has 0 radical (unpaired) electrons. The van der Waals surface area contributed by atoms with Gasteiger partial charge in [0.1, 0.15) is 11.5 Å². The van der Waals surface area contributed by atoms with Gasteiger partial charge in [-0.25, -0.2) is 17.6 Å². The van der Waals surface area contributed by atoms with Gasteiger partial charge >= 0.3 is 5.97 Å². The summed E-state index contributed by atoms with van der Waals surface area (Å²) in [5.41, 5.74) is 0.387. The molecule has 0 aliphatic rings. The third-order valence-electron chi connectivity index (χ3n) is 4.27. The maximum Gasteiger partial charge on any atom is 0.330 e. The highest BCUT2D eigenvalue weighted by Crippen LogP contribution is 2.37. The lowest BCUT2D eigenvalue weighted by molar-refractivity contribution is -0.134. The van der Waals surface area contributed by atoms with E-state index in [0.717, 1.165) is 10.4 Å². The lowest BCUT2D eigenvalue weighted by Crippen LogP contribution is -2.31. The van der Waals surface area contributed by atoms with Gasteiger partial charge in [-0.05, 0) is 35.9 Å². The van der Waals surface area contributed by atoms with Crippen molar-refractivity contribution >= 4 is 22.1 Å². The Morgan fingerprint density at radius 2 is 1.81 bits per heavy atom. The molecule has 0 N–H and O–H groups in total. The number of nitrogens with zero attached hydrogens (tertiary/aromatic N) is 1. The number of methoxy groups -OCH3 is 3. The summed E-state index contributed by atoms with van der Waals surface area (Å²) in [6, 6.07) is 8.72. The number of carbonyl (C=O) groups excluding carboxylic acids is 1. The number of benzene rings is 2. The number of ether oxygens (including phenoxy) is 4. The van der Waals surface area contributed by atoms with Crippen molar-refractivity contribution in [3.8, 4) is 17.2 Å². The first-order valence-corrected chi connectivity index (χ1v) is 10.5. The van der Waals surface area contributed by atoms with E-state index in [4.69, 9.17) is 14.2 Å². The number of sulfonamides is 1. The average Bonchev–Trinajstić information content (AvgIpc) is 2.77. The third kappa shape index (κ3) is 5.96. The Kier molecular flexibility index (Phi) is 8.40. The van der Waals surface area contributed by atoms with Gasteiger partial charge < -0.3 is 18.9 Å². The third-order valence-corrected chi connectivity index (χ3v) is 6.13. The van der Waals surface area contributed by atoms with Gasteiger partial charge in [0.25, 0.3) is 0 Å². The van der Waals surface area contributed by atoms with E-state index >= 15 is 0 Å². The summed E-state index contributed by atoms with van der Waals surface area (Å²) in [6.45, 7) is -0.123. The highest BCUT2D eigenvalue weighted by molar-refractivity contribution is 7.89. The minimum Gasteiger partial charge on any atom is -0.493 e. The minimum atomic E-state index is -4.04. The predicted octanol–water partition coefficient (Wildman–Crippen LogP) is 2.73. The summed E-state index contributed by atoms with van der Waals surface area (Å²) in [7, 11) is 1.25. The number of esters is 1. The number of hydrogen-bond acceptors (Lipinski definition) is 7. The molecule has 0 bridgehead atoms. The van der Waals surface area contributed by atoms with E-state index in [-0.39, 0.29) is 35.3 Å². The van der Waals surface area contributed by atoms with Gasteiger partial charge in [-0.15, -0.1) is 0 Å². The van der Waals surface area contributed by atoms with Crippen LogP contribution in [-0.2, 0) is 19.6 Å². The Labute approximate surface area is 180 Å². The molecule has 0 fully saturated rings. The molecule has 0 aliphatic heterocycles. The Morgan fingerprint density at radius 3 is 2.42 bits per heavy atom. The molecule has 8 nitrogen and oxygen atoms in total. The van der Waals surface area contributed by atoms with Gasteiger partial charge in [0.2, 0.25) is 10.0 Å². The standard InChI is InChI=1S/C21H24FNO7S/c1-23(11-12-30-17-8-6-5-7-16(17)22)31(25,26)19-14-15(9-10-20(24)28-3)13-18(27-2)21(19)29-4/h5-10,13-14H,11-12H2,1-4H3/b10-9+. The largest absolute Gasteiger partial charge is 0.493 e. The van der Waals surface area contributed by atoms with Crippen LogP contribution in [0.4, 0.5) is 4.39 Å². The van der Waals surface area contributed by atoms with E-state index in [1.54, 1.807) is 6.07 Å². The second kappa shape index (κ2) is 10.8. The van der Waals surface area contributed by atoms with Crippen molar-refractivity contribution in [2.24, 2.45) is 0 Å². The fourth-order valence-electron chi connectivity index (χ4n) is 2.60. The summed E-state index contributed by atoms with van der Waals surface area (Å²) in [5, 5.41) is 0. The topological polar surface area (TPSA) is 91.4 Å². The van der Waals surface area contributed by atoms with Crippen molar-refractivity contribution in [2.45, 2.75) is 4.90 Å². The number of rotatable bonds is 10. The Balaban J connectivity index is 2.30. The van der Waals surface area contributed by atoms with Crippen LogP contribution in [0, 0.1) is 5.82 Å². The minimum absolute atomic E-state index is 0.0135. The lowest BCUT2D eigenvalue weighted by Gasteiger charge is -2.20. The fraction of sp³-hybridized carbons (Fsp3) is 0.286. The molecule has 0 amide bonds. The maximum atomic E-state index is 13.7. The summed E-state index contributed by atoms with van der Waals surface area (Å²) in [6.07, 6.45) is 2.55. The van der Waals surface area contributed by atoms with Gasteiger partial charge in [0.05, 0.1) is 21.3 Å². The molecule has 0 saturated carbocycles. The first kappa shape index (κ1) is 24.2. The van der Waals surface area contributed by atoms with Crippen molar-refractivity contribution in [1.29, 1.82) is 0 Å². The molecular formula is C21H24FNO7S. The number of para-hydroxylation sites is 1. The van der Waals surface area contributed by atoms with Crippen LogP contribution in [0.5, 0.6) is 17.2 Å². The van der Waals surface area contributed by atoms with Gasteiger partial charge in [-0.2, -0.15) is 4.31 Å². The van der Waals surface area contributed by atoms with Crippen molar-refractivity contribution in [1.82, 2.24) is 4.31 Å². The van der Waals surface area contributed by atoms with Crippen LogP contribution in [0.2, 0.25) is 0 Å². The SMILES string of the molecule is COC(=O)/C=C/c1cc(OC)c(OC)c(S(=O)(=O)N(C)CCOc2ccccc2F)c1. The number of hydrogen-bond donors (Lipinski definition) is 0. The van der Waals surface area contributed by atoms with E-state index in [1.165, 1.54) is 64.8 Å². The molecule has 0 aliphatic carbocycles. The van der Waals surface area contributed by atoms with E-state index < -0.39 is 21.8 Å². The molecule has 0 spiro atoms. The van der Waals surface area contributed by atoms with Crippen LogP contribution in [0.25, 0.3) is 6.08 Å². The van der Waals surface area contributed by atoms with Gasteiger partial charge in [0.15, 0.2) is 23.1 Å². The number of likely N-dealkylation sites (N-methyl/N-ethyl adjacent to an activating group) is 1. The first-order valence-electron chi connectivity index (χ1n) is 9.10. The molecule has 0 unspecified atom stereocenters. The molecular weight excluding hydrogens is 429 g/mol. The number of carbonyl (C=O) groups is 1. The number of halogens is 1. The summed E-state index contributed by atoms with van der Waals surface area (Å²) in [4.78, 5) is 11.2. The molecule has 2 aromatic rings. The quantitative estimate of drug-likeness (QED) is 0.404. The smallest absolute Gasteiger partial charge is 0.330 e. The lowest BCUT2D eigenvalue weighted by atomic mass is 10.2. The van der Waals surface area contributed by atoms with Crippen molar-refractivity contribution in [3.63, 3.8) is 0 Å². The zero-order valence-corrected chi connectivity index (χ0v) is 18.4. The Bertz CT molecular complexity index is 1050. The van der Waals surface area contributed by atoms with E-state index in [1.807, 2.05) is 0 Å². The highest BCUT2D eigenvalue weighted by Gasteiger charge is 2.28. The molecule has 0 atom stereocenters. The molecule has 2 aromatic carbocycles. The second-order valence-corrected chi connectivity index (χ2v) is 8.23. The van der Waals surface area contributed by atoms with Gasteiger partial charge in [-0.3, -0.25) is 0 Å². The first-order chi connectivity index (χ1) is 14.7. The molecule has 0 heterocycles. The normalized spacial score (nSPS) is 11.5. The zero-order valence-electron chi connectivity index (χ0n) is 17.6. The summed E-state index contributed by atoms with van der Waals surface area (Å²) >= 11 is 0. The zero-order chi connectivity index (χ0) is 23.0. The second-order valence-electron chi connectivity index (χ2n) is 6.22. The molecule has 10 heteroatoms. The Hall–Kier alpha value is -3.11. The molecule has 0 saturated heterocycles. The van der Waals surface area contributed by atoms with Crippen molar-refractivity contribution < 1.29 is 36.6 Å².